The van der Waals surface area contributed by atoms with E-state index < -0.39 is 0 Å². The third-order valence-electron chi connectivity index (χ3n) is 3.34. The number of rotatable bonds is 5. The summed E-state index contributed by atoms with van der Waals surface area (Å²) >= 11 is 0. The van der Waals surface area contributed by atoms with Crippen molar-refractivity contribution < 1.29 is 9.53 Å². The molecule has 1 aromatic heterocycles. The fraction of sp³-hybridized carbons (Fsp3) is 0.571. The van der Waals surface area contributed by atoms with Crippen LogP contribution in [0.5, 0.6) is 0 Å². The van der Waals surface area contributed by atoms with Gasteiger partial charge in [0.2, 0.25) is 0 Å². The standard InChI is InChI=1S/C14H21N3O2/c1-17(9-6-12-4-7-15-8-5-12)14(18)16-11-13-3-2-10-19-13/h4-5,7-8,13H,2-3,6,9-11H2,1H3,(H,16,18). The highest BCUT2D eigenvalue weighted by atomic mass is 16.5. The van der Waals surface area contributed by atoms with Crippen molar-refractivity contribution in [3.63, 3.8) is 0 Å². The van der Waals surface area contributed by atoms with E-state index in [0.717, 1.165) is 25.9 Å². The van der Waals surface area contributed by atoms with Crippen molar-refractivity contribution in [2.24, 2.45) is 0 Å². The van der Waals surface area contributed by atoms with Gasteiger partial charge in [0, 0.05) is 39.1 Å². The molecule has 5 heteroatoms. The number of hydrogen-bond donors (Lipinski definition) is 1. The van der Waals surface area contributed by atoms with E-state index in [4.69, 9.17) is 4.74 Å². The topological polar surface area (TPSA) is 54.5 Å². The Morgan fingerprint density at radius 1 is 1.53 bits per heavy atom. The molecule has 2 amide bonds. The van der Waals surface area contributed by atoms with Gasteiger partial charge in [0.25, 0.3) is 0 Å². The first-order valence-corrected chi connectivity index (χ1v) is 6.75. The minimum Gasteiger partial charge on any atom is -0.376 e. The molecule has 0 bridgehead atoms. The van der Waals surface area contributed by atoms with Gasteiger partial charge in [-0.1, -0.05) is 0 Å². The summed E-state index contributed by atoms with van der Waals surface area (Å²) in [6.45, 7) is 2.12. The Kier molecular flexibility index (Phi) is 5.15. The van der Waals surface area contributed by atoms with E-state index >= 15 is 0 Å². The van der Waals surface area contributed by atoms with Crippen molar-refractivity contribution in [2.75, 3.05) is 26.7 Å². The molecule has 1 atom stereocenters. The van der Waals surface area contributed by atoms with Crippen LogP contribution in [0.25, 0.3) is 0 Å². The van der Waals surface area contributed by atoms with Gasteiger partial charge in [-0.3, -0.25) is 4.98 Å². The molecule has 1 saturated heterocycles. The predicted octanol–water partition coefficient (Wildman–Crippen LogP) is 1.44. The van der Waals surface area contributed by atoms with Gasteiger partial charge in [-0.2, -0.15) is 0 Å². The minimum atomic E-state index is -0.0374. The van der Waals surface area contributed by atoms with Crippen molar-refractivity contribution in [3.8, 4) is 0 Å². The molecular formula is C14H21N3O2. The number of nitrogens with zero attached hydrogens (tertiary/aromatic N) is 2. The lowest BCUT2D eigenvalue weighted by atomic mass is 10.2. The van der Waals surface area contributed by atoms with Crippen LogP contribution in [0.2, 0.25) is 0 Å². The fourth-order valence-electron chi connectivity index (χ4n) is 2.09. The summed E-state index contributed by atoms with van der Waals surface area (Å²) in [5.41, 5.74) is 1.19. The van der Waals surface area contributed by atoms with E-state index in [1.54, 1.807) is 17.3 Å². The van der Waals surface area contributed by atoms with E-state index in [1.807, 2.05) is 19.2 Å². The SMILES string of the molecule is CN(CCc1ccncc1)C(=O)NCC1CCCO1. The monoisotopic (exact) mass is 263 g/mol. The molecule has 1 aliphatic rings. The van der Waals surface area contributed by atoms with Crippen molar-refractivity contribution in [1.29, 1.82) is 0 Å². The predicted molar refractivity (Wildman–Crippen MR) is 72.9 cm³/mol. The van der Waals surface area contributed by atoms with Crippen LogP contribution in [0.3, 0.4) is 0 Å². The molecule has 0 aromatic carbocycles. The normalized spacial score (nSPS) is 18.3. The number of carbonyl (C=O) groups is 1. The van der Waals surface area contributed by atoms with E-state index in [-0.39, 0.29) is 12.1 Å². The van der Waals surface area contributed by atoms with Gasteiger partial charge < -0.3 is 15.0 Å². The van der Waals surface area contributed by atoms with Gasteiger partial charge in [0.15, 0.2) is 0 Å². The summed E-state index contributed by atoms with van der Waals surface area (Å²) in [5.74, 6) is 0. The zero-order valence-corrected chi connectivity index (χ0v) is 11.3. The average Bonchev–Trinajstić information content (AvgIpc) is 2.96. The lowest BCUT2D eigenvalue weighted by Gasteiger charge is -2.19. The minimum absolute atomic E-state index is 0.0374. The largest absolute Gasteiger partial charge is 0.376 e. The first-order valence-electron chi connectivity index (χ1n) is 6.75. The number of ether oxygens (including phenoxy) is 1. The maximum atomic E-state index is 11.9. The van der Waals surface area contributed by atoms with Crippen molar-refractivity contribution in [2.45, 2.75) is 25.4 Å². The molecule has 2 heterocycles. The second kappa shape index (κ2) is 7.09. The maximum absolute atomic E-state index is 11.9. The molecule has 0 aliphatic carbocycles. The van der Waals surface area contributed by atoms with E-state index in [2.05, 4.69) is 10.3 Å². The molecule has 0 radical (unpaired) electrons. The van der Waals surface area contributed by atoms with Crippen LogP contribution < -0.4 is 5.32 Å². The van der Waals surface area contributed by atoms with E-state index in [9.17, 15) is 4.79 Å². The second-order valence-electron chi connectivity index (χ2n) is 4.85. The van der Waals surface area contributed by atoms with Crippen molar-refractivity contribution >= 4 is 6.03 Å². The van der Waals surface area contributed by atoms with E-state index in [0.29, 0.717) is 13.1 Å². The first kappa shape index (κ1) is 13.8. The van der Waals surface area contributed by atoms with Gasteiger partial charge >= 0.3 is 6.03 Å². The maximum Gasteiger partial charge on any atom is 0.317 e. The third kappa shape index (κ3) is 4.52. The number of carbonyl (C=O) groups excluding carboxylic acids is 1. The first-order chi connectivity index (χ1) is 9.25. The summed E-state index contributed by atoms with van der Waals surface area (Å²) in [6.07, 6.45) is 6.71. The highest BCUT2D eigenvalue weighted by Gasteiger charge is 2.17. The quantitative estimate of drug-likeness (QED) is 0.874. The highest BCUT2D eigenvalue weighted by molar-refractivity contribution is 5.73. The Morgan fingerprint density at radius 2 is 2.32 bits per heavy atom. The molecule has 104 valence electrons. The molecule has 1 N–H and O–H groups in total. The van der Waals surface area contributed by atoms with Crippen LogP contribution in [-0.4, -0.2) is 48.8 Å². The summed E-state index contributed by atoms with van der Waals surface area (Å²) in [5, 5.41) is 2.91. The molecular weight excluding hydrogens is 242 g/mol. The number of pyridine rings is 1. The number of hydrogen-bond acceptors (Lipinski definition) is 3. The van der Waals surface area contributed by atoms with Crippen LogP contribution in [0, 0.1) is 0 Å². The summed E-state index contributed by atoms with van der Waals surface area (Å²) in [6, 6.07) is 3.90. The zero-order chi connectivity index (χ0) is 13.5. The fourth-order valence-corrected chi connectivity index (χ4v) is 2.09. The van der Waals surface area contributed by atoms with Crippen LogP contribution in [0.4, 0.5) is 4.79 Å². The lowest BCUT2D eigenvalue weighted by molar-refractivity contribution is 0.109. The molecule has 1 fully saturated rings. The third-order valence-corrected chi connectivity index (χ3v) is 3.34. The van der Waals surface area contributed by atoms with Gasteiger partial charge in [-0.05, 0) is 37.0 Å². The Hall–Kier alpha value is -1.62. The van der Waals surface area contributed by atoms with Crippen LogP contribution in [0.15, 0.2) is 24.5 Å². The number of likely N-dealkylation sites (N-methyl/N-ethyl adjacent to an activating group) is 1. The van der Waals surface area contributed by atoms with Crippen LogP contribution in [-0.2, 0) is 11.2 Å². The van der Waals surface area contributed by atoms with Gasteiger partial charge in [0.05, 0.1) is 6.10 Å². The lowest BCUT2D eigenvalue weighted by Crippen LogP contribution is -2.41. The molecule has 1 aromatic rings. The molecule has 5 nitrogen and oxygen atoms in total. The van der Waals surface area contributed by atoms with Gasteiger partial charge in [0.1, 0.15) is 0 Å². The van der Waals surface area contributed by atoms with E-state index in [1.165, 1.54) is 5.56 Å². The molecule has 0 spiro atoms. The Labute approximate surface area is 114 Å². The number of nitrogens with one attached hydrogen (secondary N) is 1. The Balaban J connectivity index is 1.67. The summed E-state index contributed by atoms with van der Waals surface area (Å²) < 4.78 is 5.47. The molecule has 0 saturated carbocycles. The highest BCUT2D eigenvalue weighted by Crippen LogP contribution is 2.10. The number of aromatic nitrogens is 1. The summed E-state index contributed by atoms with van der Waals surface area (Å²) in [7, 11) is 1.81. The Morgan fingerprint density at radius 3 is 3.00 bits per heavy atom. The van der Waals surface area contributed by atoms with Crippen molar-refractivity contribution in [1.82, 2.24) is 15.2 Å². The van der Waals surface area contributed by atoms with Crippen LogP contribution in [0.1, 0.15) is 18.4 Å². The van der Waals surface area contributed by atoms with Gasteiger partial charge in [-0.25, -0.2) is 4.79 Å². The second-order valence-corrected chi connectivity index (χ2v) is 4.85. The van der Waals surface area contributed by atoms with Crippen LogP contribution >= 0.6 is 0 Å². The Bertz CT molecular complexity index is 391. The van der Waals surface area contributed by atoms with Crippen molar-refractivity contribution in [3.05, 3.63) is 30.1 Å². The average molecular weight is 263 g/mol. The zero-order valence-electron chi connectivity index (χ0n) is 11.3. The summed E-state index contributed by atoms with van der Waals surface area (Å²) in [4.78, 5) is 17.5. The van der Waals surface area contributed by atoms with Gasteiger partial charge in [-0.15, -0.1) is 0 Å². The molecule has 1 aliphatic heterocycles. The number of amides is 2. The number of urea groups is 1. The molecule has 1 unspecified atom stereocenters. The molecule has 19 heavy (non-hydrogen) atoms. The smallest absolute Gasteiger partial charge is 0.317 e. The molecule has 2 rings (SSSR count).